The number of halogens is 1. The Labute approximate surface area is 118 Å². The normalized spacial score (nSPS) is 12.4. The summed E-state index contributed by atoms with van der Waals surface area (Å²) in [5, 5.41) is 3.47. The molecule has 1 unspecified atom stereocenters. The van der Waals surface area contributed by atoms with Crippen molar-refractivity contribution in [2.24, 2.45) is 0 Å². The molecule has 0 saturated heterocycles. The summed E-state index contributed by atoms with van der Waals surface area (Å²) in [6.45, 7) is 6.54. The molecule has 0 radical (unpaired) electrons. The van der Waals surface area contributed by atoms with Crippen LogP contribution in [-0.4, -0.2) is 26.9 Å². The highest BCUT2D eigenvalue weighted by molar-refractivity contribution is 9.10. The molecule has 0 bridgehead atoms. The molecule has 0 aliphatic rings. The first-order valence-corrected chi connectivity index (χ1v) is 7.13. The minimum Gasteiger partial charge on any atom is -0.490 e. The lowest BCUT2D eigenvalue weighted by molar-refractivity contribution is 0.146. The zero-order valence-corrected chi connectivity index (χ0v) is 12.9. The molecule has 4 heteroatoms. The minimum atomic E-state index is 0.356. The summed E-state index contributed by atoms with van der Waals surface area (Å²) in [5.74, 6) is 0.860. The van der Waals surface area contributed by atoms with Crippen LogP contribution < -0.4 is 10.1 Å². The molecule has 1 aromatic carbocycles. The molecule has 1 aromatic rings. The highest BCUT2D eigenvalue weighted by Crippen LogP contribution is 2.28. The van der Waals surface area contributed by atoms with Crippen LogP contribution in [0.5, 0.6) is 5.75 Å². The molecule has 18 heavy (non-hydrogen) atoms. The van der Waals surface area contributed by atoms with Gasteiger partial charge in [0, 0.05) is 13.2 Å². The van der Waals surface area contributed by atoms with E-state index in [0.717, 1.165) is 23.2 Å². The van der Waals surface area contributed by atoms with E-state index >= 15 is 0 Å². The molecule has 1 N–H and O–H groups in total. The summed E-state index contributed by atoms with van der Waals surface area (Å²) < 4.78 is 11.5. The number of ether oxygens (including phenoxy) is 2. The Bertz CT molecular complexity index is 358. The van der Waals surface area contributed by atoms with E-state index < -0.39 is 0 Å². The van der Waals surface area contributed by atoms with Crippen LogP contribution in [0.25, 0.3) is 0 Å². The van der Waals surface area contributed by atoms with Crippen molar-refractivity contribution < 1.29 is 9.47 Å². The largest absolute Gasteiger partial charge is 0.490 e. The lowest BCUT2D eigenvalue weighted by Crippen LogP contribution is -2.19. The highest BCUT2D eigenvalue weighted by atomic mass is 79.9. The van der Waals surface area contributed by atoms with Crippen LogP contribution in [0.15, 0.2) is 22.7 Å². The fourth-order valence-corrected chi connectivity index (χ4v) is 2.13. The van der Waals surface area contributed by atoms with Crippen LogP contribution in [0.1, 0.15) is 31.9 Å². The summed E-state index contributed by atoms with van der Waals surface area (Å²) in [4.78, 5) is 0. The van der Waals surface area contributed by atoms with Gasteiger partial charge in [0.2, 0.25) is 0 Å². The van der Waals surface area contributed by atoms with Crippen molar-refractivity contribution in [2.75, 3.05) is 26.9 Å². The van der Waals surface area contributed by atoms with Crippen molar-refractivity contribution in [2.45, 2.75) is 26.3 Å². The number of hydrogen-bond acceptors (Lipinski definition) is 3. The Kier molecular flexibility index (Phi) is 7.32. The Hall–Kier alpha value is -0.580. The predicted molar refractivity (Wildman–Crippen MR) is 78.2 cm³/mol. The standard InChI is InChI=1S/C14H22BrNO2/c1-4-7-16-11(2)12-5-6-14(13(15)10-12)18-9-8-17-3/h5-6,10-11,16H,4,7-9H2,1-3H3. The van der Waals surface area contributed by atoms with Crippen molar-refractivity contribution in [3.05, 3.63) is 28.2 Å². The maximum Gasteiger partial charge on any atom is 0.133 e. The van der Waals surface area contributed by atoms with Gasteiger partial charge < -0.3 is 14.8 Å². The van der Waals surface area contributed by atoms with E-state index in [1.54, 1.807) is 7.11 Å². The summed E-state index contributed by atoms with van der Waals surface area (Å²) in [6, 6.07) is 6.56. The maximum absolute atomic E-state index is 5.60. The third-order valence-corrected chi connectivity index (χ3v) is 3.32. The lowest BCUT2D eigenvalue weighted by atomic mass is 10.1. The lowest BCUT2D eigenvalue weighted by Gasteiger charge is -2.15. The van der Waals surface area contributed by atoms with Crippen molar-refractivity contribution in [1.82, 2.24) is 5.32 Å². The second-order valence-corrected chi connectivity index (χ2v) is 5.06. The number of methoxy groups -OCH3 is 1. The number of hydrogen-bond donors (Lipinski definition) is 1. The molecule has 1 rings (SSSR count). The van der Waals surface area contributed by atoms with Crippen molar-refractivity contribution in [1.29, 1.82) is 0 Å². The minimum absolute atomic E-state index is 0.356. The van der Waals surface area contributed by atoms with E-state index in [-0.39, 0.29) is 0 Å². The molecule has 0 spiro atoms. The molecule has 0 heterocycles. The van der Waals surface area contributed by atoms with Gasteiger partial charge in [-0.2, -0.15) is 0 Å². The van der Waals surface area contributed by atoms with Gasteiger partial charge in [0.15, 0.2) is 0 Å². The summed E-state index contributed by atoms with van der Waals surface area (Å²) in [5.41, 5.74) is 1.26. The summed E-state index contributed by atoms with van der Waals surface area (Å²) >= 11 is 3.54. The molecule has 0 fully saturated rings. The average molecular weight is 316 g/mol. The summed E-state index contributed by atoms with van der Waals surface area (Å²) in [7, 11) is 1.67. The molecule has 3 nitrogen and oxygen atoms in total. The van der Waals surface area contributed by atoms with Crippen molar-refractivity contribution in [3.8, 4) is 5.75 Å². The van der Waals surface area contributed by atoms with Gasteiger partial charge in [-0.25, -0.2) is 0 Å². The molecular formula is C14H22BrNO2. The van der Waals surface area contributed by atoms with Crippen molar-refractivity contribution in [3.63, 3.8) is 0 Å². The van der Waals surface area contributed by atoms with E-state index in [0.29, 0.717) is 19.3 Å². The van der Waals surface area contributed by atoms with Crippen LogP contribution in [0.2, 0.25) is 0 Å². The van der Waals surface area contributed by atoms with Gasteiger partial charge in [0.25, 0.3) is 0 Å². The third-order valence-electron chi connectivity index (χ3n) is 2.70. The second-order valence-electron chi connectivity index (χ2n) is 4.21. The average Bonchev–Trinajstić information content (AvgIpc) is 2.38. The van der Waals surface area contributed by atoms with Crippen LogP contribution in [0.4, 0.5) is 0 Å². The molecule has 1 atom stereocenters. The SMILES string of the molecule is CCCNC(C)c1ccc(OCCOC)c(Br)c1. The maximum atomic E-state index is 5.60. The van der Waals surface area contributed by atoms with E-state index in [4.69, 9.17) is 9.47 Å². The van der Waals surface area contributed by atoms with Crippen LogP contribution in [-0.2, 0) is 4.74 Å². The van der Waals surface area contributed by atoms with Gasteiger partial charge in [0.1, 0.15) is 12.4 Å². The first-order valence-electron chi connectivity index (χ1n) is 6.33. The molecule has 0 aromatic heterocycles. The molecule has 102 valence electrons. The molecule has 0 aliphatic carbocycles. The van der Waals surface area contributed by atoms with E-state index in [2.05, 4.69) is 47.2 Å². The fourth-order valence-electron chi connectivity index (χ4n) is 1.62. The van der Waals surface area contributed by atoms with E-state index in [1.165, 1.54) is 5.56 Å². The quantitative estimate of drug-likeness (QED) is 0.744. The van der Waals surface area contributed by atoms with Gasteiger partial charge >= 0.3 is 0 Å². The fraction of sp³-hybridized carbons (Fsp3) is 0.571. The smallest absolute Gasteiger partial charge is 0.133 e. The van der Waals surface area contributed by atoms with Gasteiger partial charge in [0.05, 0.1) is 11.1 Å². The summed E-state index contributed by atoms with van der Waals surface area (Å²) in [6.07, 6.45) is 1.14. The number of rotatable bonds is 8. The molecule has 0 aliphatic heterocycles. The first kappa shape index (κ1) is 15.5. The molecule has 0 saturated carbocycles. The van der Waals surface area contributed by atoms with Crippen LogP contribution in [0, 0.1) is 0 Å². The van der Waals surface area contributed by atoms with Gasteiger partial charge in [-0.1, -0.05) is 13.0 Å². The van der Waals surface area contributed by atoms with Gasteiger partial charge in [-0.15, -0.1) is 0 Å². The Morgan fingerprint density at radius 1 is 1.33 bits per heavy atom. The number of benzene rings is 1. The van der Waals surface area contributed by atoms with Crippen LogP contribution >= 0.6 is 15.9 Å². The zero-order valence-electron chi connectivity index (χ0n) is 11.3. The third kappa shape index (κ3) is 4.96. The highest BCUT2D eigenvalue weighted by Gasteiger charge is 2.07. The van der Waals surface area contributed by atoms with E-state index in [9.17, 15) is 0 Å². The predicted octanol–water partition coefficient (Wildman–Crippen LogP) is 3.53. The van der Waals surface area contributed by atoms with E-state index in [1.807, 2.05) is 6.07 Å². The number of nitrogens with one attached hydrogen (secondary N) is 1. The Balaban J connectivity index is 2.60. The zero-order chi connectivity index (χ0) is 13.4. The molecular weight excluding hydrogens is 294 g/mol. The van der Waals surface area contributed by atoms with Crippen LogP contribution in [0.3, 0.4) is 0 Å². The Morgan fingerprint density at radius 3 is 2.72 bits per heavy atom. The topological polar surface area (TPSA) is 30.5 Å². The second kappa shape index (κ2) is 8.51. The van der Waals surface area contributed by atoms with Crippen molar-refractivity contribution >= 4 is 15.9 Å². The van der Waals surface area contributed by atoms with Gasteiger partial charge in [-0.05, 0) is 53.5 Å². The monoisotopic (exact) mass is 315 g/mol. The van der Waals surface area contributed by atoms with Gasteiger partial charge in [-0.3, -0.25) is 0 Å². The molecule has 0 amide bonds. The first-order chi connectivity index (χ1) is 8.69. The Morgan fingerprint density at radius 2 is 2.11 bits per heavy atom.